The Kier molecular flexibility index (Phi) is 5.75. The highest BCUT2D eigenvalue weighted by atomic mass is 16.5. The summed E-state index contributed by atoms with van der Waals surface area (Å²) in [4.78, 5) is 39.7. The zero-order chi connectivity index (χ0) is 18.5. The zero-order valence-electron chi connectivity index (χ0n) is 15.0. The molecule has 7 nitrogen and oxygen atoms in total. The van der Waals surface area contributed by atoms with Gasteiger partial charge in [0.25, 0.3) is 5.91 Å². The molecule has 2 amide bonds. The molecule has 0 aliphatic carbocycles. The SMILES string of the molecule is CC1CCN(C(=O)COC(=O)CN2C(=O)CCOc3ccccc32)CC1. The number of hydrogen-bond donors (Lipinski definition) is 0. The number of hydrogen-bond acceptors (Lipinski definition) is 5. The molecular formula is C19H24N2O5. The first-order chi connectivity index (χ1) is 12.5. The summed E-state index contributed by atoms with van der Waals surface area (Å²) in [5.74, 6) is 0.191. The van der Waals surface area contributed by atoms with Gasteiger partial charge in [0.05, 0.1) is 18.7 Å². The molecule has 2 heterocycles. The van der Waals surface area contributed by atoms with Gasteiger partial charge in [0.1, 0.15) is 12.3 Å². The molecule has 7 heteroatoms. The number of likely N-dealkylation sites (tertiary alicyclic amines) is 1. The van der Waals surface area contributed by atoms with Gasteiger partial charge < -0.3 is 14.4 Å². The molecule has 2 aliphatic heterocycles. The van der Waals surface area contributed by atoms with Crippen LogP contribution in [0.15, 0.2) is 24.3 Å². The molecule has 1 aromatic carbocycles. The van der Waals surface area contributed by atoms with Crippen molar-refractivity contribution in [1.29, 1.82) is 0 Å². The lowest BCUT2D eigenvalue weighted by molar-refractivity contribution is -0.151. The molecule has 0 bridgehead atoms. The number of para-hydroxylation sites is 2. The summed E-state index contributed by atoms with van der Waals surface area (Å²) < 4.78 is 10.7. The summed E-state index contributed by atoms with van der Waals surface area (Å²) in [7, 11) is 0. The van der Waals surface area contributed by atoms with Gasteiger partial charge in [-0.15, -0.1) is 0 Å². The van der Waals surface area contributed by atoms with Gasteiger partial charge in [-0.2, -0.15) is 0 Å². The molecule has 0 unspecified atom stereocenters. The van der Waals surface area contributed by atoms with Crippen molar-refractivity contribution in [3.05, 3.63) is 24.3 Å². The lowest BCUT2D eigenvalue weighted by atomic mass is 9.99. The van der Waals surface area contributed by atoms with Crippen LogP contribution in [0.1, 0.15) is 26.2 Å². The number of esters is 1. The van der Waals surface area contributed by atoms with Gasteiger partial charge in [-0.05, 0) is 30.9 Å². The molecule has 0 N–H and O–H groups in total. The number of nitrogens with zero attached hydrogens (tertiary/aromatic N) is 2. The number of rotatable bonds is 4. The molecule has 1 saturated heterocycles. The number of carbonyl (C=O) groups is 3. The van der Waals surface area contributed by atoms with E-state index in [4.69, 9.17) is 9.47 Å². The Balaban J connectivity index is 1.56. The largest absolute Gasteiger partial charge is 0.491 e. The normalized spacial score (nSPS) is 18.0. The van der Waals surface area contributed by atoms with Crippen molar-refractivity contribution in [3.8, 4) is 5.75 Å². The van der Waals surface area contributed by atoms with Crippen molar-refractivity contribution < 1.29 is 23.9 Å². The van der Waals surface area contributed by atoms with Crippen LogP contribution in [0.2, 0.25) is 0 Å². The highest BCUT2D eigenvalue weighted by molar-refractivity contribution is 5.99. The van der Waals surface area contributed by atoms with Gasteiger partial charge in [0.15, 0.2) is 6.61 Å². The van der Waals surface area contributed by atoms with E-state index in [-0.39, 0.29) is 38.0 Å². The predicted octanol–water partition coefficient (Wildman–Crippen LogP) is 1.60. The van der Waals surface area contributed by atoms with Crippen molar-refractivity contribution in [2.45, 2.75) is 26.2 Å². The van der Waals surface area contributed by atoms with E-state index in [1.807, 2.05) is 6.07 Å². The molecule has 2 aliphatic rings. The van der Waals surface area contributed by atoms with Gasteiger partial charge in [-0.25, -0.2) is 0 Å². The van der Waals surface area contributed by atoms with Gasteiger partial charge in [-0.1, -0.05) is 19.1 Å². The maximum atomic E-state index is 12.3. The van der Waals surface area contributed by atoms with Gasteiger partial charge >= 0.3 is 5.97 Å². The summed E-state index contributed by atoms with van der Waals surface area (Å²) in [5.41, 5.74) is 0.545. The number of fused-ring (bicyclic) bond motifs is 1. The fraction of sp³-hybridized carbons (Fsp3) is 0.526. The van der Waals surface area contributed by atoms with Crippen molar-refractivity contribution in [1.82, 2.24) is 4.90 Å². The maximum absolute atomic E-state index is 12.3. The second-order valence-corrected chi connectivity index (χ2v) is 6.77. The Labute approximate surface area is 152 Å². The van der Waals surface area contributed by atoms with Gasteiger partial charge in [0.2, 0.25) is 5.91 Å². The Bertz CT molecular complexity index is 682. The highest BCUT2D eigenvalue weighted by Crippen LogP contribution is 2.30. The average Bonchev–Trinajstić information content (AvgIpc) is 2.80. The van der Waals surface area contributed by atoms with Gasteiger partial charge in [0, 0.05) is 13.1 Å². The van der Waals surface area contributed by atoms with E-state index in [0.717, 1.165) is 12.8 Å². The minimum Gasteiger partial charge on any atom is -0.491 e. The number of amides is 2. The van der Waals surface area contributed by atoms with Crippen LogP contribution in [0.4, 0.5) is 5.69 Å². The molecule has 1 fully saturated rings. The molecule has 26 heavy (non-hydrogen) atoms. The van der Waals surface area contributed by atoms with Crippen LogP contribution in [0.3, 0.4) is 0 Å². The maximum Gasteiger partial charge on any atom is 0.326 e. The number of piperidine rings is 1. The highest BCUT2D eigenvalue weighted by Gasteiger charge is 2.26. The van der Waals surface area contributed by atoms with Crippen LogP contribution >= 0.6 is 0 Å². The van der Waals surface area contributed by atoms with Crippen molar-refractivity contribution in [3.63, 3.8) is 0 Å². The Morgan fingerprint density at radius 1 is 1.23 bits per heavy atom. The summed E-state index contributed by atoms with van der Waals surface area (Å²) in [6.07, 6.45) is 2.13. The minimum absolute atomic E-state index is 0.184. The molecule has 0 aromatic heterocycles. The zero-order valence-corrected chi connectivity index (χ0v) is 15.0. The second kappa shape index (κ2) is 8.21. The van der Waals surface area contributed by atoms with Gasteiger partial charge in [-0.3, -0.25) is 19.3 Å². The number of ether oxygens (including phenoxy) is 2. The molecular weight excluding hydrogens is 336 g/mol. The van der Waals surface area contributed by atoms with E-state index < -0.39 is 5.97 Å². The van der Waals surface area contributed by atoms with Crippen LogP contribution in [0, 0.1) is 5.92 Å². The van der Waals surface area contributed by atoms with E-state index in [9.17, 15) is 14.4 Å². The first-order valence-electron chi connectivity index (χ1n) is 9.00. The van der Waals surface area contributed by atoms with E-state index in [1.165, 1.54) is 4.90 Å². The average molecular weight is 360 g/mol. The third-order valence-corrected chi connectivity index (χ3v) is 4.81. The van der Waals surface area contributed by atoms with Crippen LogP contribution in [0.5, 0.6) is 5.75 Å². The monoisotopic (exact) mass is 360 g/mol. The molecule has 0 atom stereocenters. The van der Waals surface area contributed by atoms with Crippen molar-refractivity contribution in [2.75, 3.05) is 37.7 Å². The fourth-order valence-electron chi connectivity index (χ4n) is 3.16. The number of carbonyl (C=O) groups excluding carboxylic acids is 3. The Hall–Kier alpha value is -2.57. The first kappa shape index (κ1) is 18.2. The Morgan fingerprint density at radius 3 is 2.73 bits per heavy atom. The minimum atomic E-state index is -0.603. The molecule has 0 saturated carbocycles. The lowest BCUT2D eigenvalue weighted by Gasteiger charge is -2.30. The summed E-state index contributed by atoms with van der Waals surface area (Å²) in [6, 6.07) is 7.07. The van der Waals surface area contributed by atoms with Crippen LogP contribution < -0.4 is 9.64 Å². The third-order valence-electron chi connectivity index (χ3n) is 4.81. The molecule has 0 spiro atoms. The lowest BCUT2D eigenvalue weighted by Crippen LogP contribution is -2.41. The van der Waals surface area contributed by atoms with Crippen LogP contribution in [0.25, 0.3) is 0 Å². The van der Waals surface area contributed by atoms with E-state index in [0.29, 0.717) is 30.4 Å². The van der Waals surface area contributed by atoms with Crippen LogP contribution in [-0.4, -0.2) is 55.5 Å². The van der Waals surface area contributed by atoms with Crippen molar-refractivity contribution in [2.24, 2.45) is 5.92 Å². The summed E-state index contributed by atoms with van der Waals surface area (Å²) >= 11 is 0. The number of benzene rings is 1. The summed E-state index contributed by atoms with van der Waals surface area (Å²) in [5, 5.41) is 0. The van der Waals surface area contributed by atoms with E-state index in [1.54, 1.807) is 23.1 Å². The topological polar surface area (TPSA) is 76.2 Å². The van der Waals surface area contributed by atoms with E-state index in [2.05, 4.69) is 6.92 Å². The standard InChI is InChI=1S/C19H24N2O5/c1-14-6-9-20(10-7-14)18(23)13-26-19(24)12-21-15-4-2-3-5-16(15)25-11-8-17(21)22/h2-5,14H,6-13H2,1H3. The fourth-order valence-corrected chi connectivity index (χ4v) is 3.16. The molecule has 0 radical (unpaired) electrons. The smallest absolute Gasteiger partial charge is 0.326 e. The summed E-state index contributed by atoms with van der Waals surface area (Å²) in [6.45, 7) is 3.32. The van der Waals surface area contributed by atoms with E-state index >= 15 is 0 Å². The Morgan fingerprint density at radius 2 is 1.96 bits per heavy atom. The molecule has 3 rings (SSSR count). The van der Waals surface area contributed by atoms with Crippen molar-refractivity contribution >= 4 is 23.5 Å². The predicted molar refractivity (Wildman–Crippen MR) is 94.8 cm³/mol. The molecule has 140 valence electrons. The quantitative estimate of drug-likeness (QED) is 0.763. The first-order valence-corrected chi connectivity index (χ1v) is 9.00. The third kappa shape index (κ3) is 4.33. The second-order valence-electron chi connectivity index (χ2n) is 6.77. The molecule has 1 aromatic rings. The van der Waals surface area contributed by atoms with Crippen LogP contribution in [-0.2, 0) is 19.1 Å². The number of anilines is 1.